The van der Waals surface area contributed by atoms with Gasteiger partial charge in [0.05, 0.1) is 19.2 Å². The lowest BCUT2D eigenvalue weighted by molar-refractivity contribution is 0.0693. The molecule has 4 rings (SSSR count). The number of oxazole rings is 1. The lowest BCUT2D eigenvalue weighted by Gasteiger charge is -2.31. The second kappa shape index (κ2) is 8.43. The zero-order valence-corrected chi connectivity index (χ0v) is 16.2. The summed E-state index contributed by atoms with van der Waals surface area (Å²) in [6, 6.07) is 10.1. The van der Waals surface area contributed by atoms with Crippen LogP contribution in [0.5, 0.6) is 5.88 Å². The van der Waals surface area contributed by atoms with Crippen molar-refractivity contribution in [1.29, 1.82) is 0 Å². The summed E-state index contributed by atoms with van der Waals surface area (Å²) in [6.45, 7) is 1.17. The van der Waals surface area contributed by atoms with E-state index in [0.29, 0.717) is 48.2 Å². The standard InChI is InChI=1S/C22H22FN3O3/c1-28-21-18(8-4-10-24-21)22(27)26-11-5-7-16(14-26)20-25-13-17(29-20)12-15-6-2-3-9-19(15)23/h2-4,6,8-10,13,16H,5,7,11-12,14H2,1H3/t16-/m1/s1. The smallest absolute Gasteiger partial charge is 0.259 e. The van der Waals surface area contributed by atoms with Gasteiger partial charge in [0.1, 0.15) is 17.1 Å². The summed E-state index contributed by atoms with van der Waals surface area (Å²) in [6.07, 6.45) is 5.32. The number of ether oxygens (including phenoxy) is 1. The third-order valence-corrected chi connectivity index (χ3v) is 5.15. The van der Waals surface area contributed by atoms with Crippen LogP contribution < -0.4 is 4.74 Å². The maximum absolute atomic E-state index is 13.9. The molecule has 29 heavy (non-hydrogen) atoms. The van der Waals surface area contributed by atoms with E-state index < -0.39 is 0 Å². The van der Waals surface area contributed by atoms with E-state index in [1.165, 1.54) is 13.2 Å². The van der Waals surface area contributed by atoms with Gasteiger partial charge in [0.25, 0.3) is 5.91 Å². The number of halogens is 1. The number of carbonyl (C=O) groups excluding carboxylic acids is 1. The molecule has 3 aromatic rings. The Morgan fingerprint density at radius 2 is 2.14 bits per heavy atom. The molecule has 0 spiro atoms. The van der Waals surface area contributed by atoms with Gasteiger partial charge in [-0.2, -0.15) is 0 Å². The van der Waals surface area contributed by atoms with E-state index in [4.69, 9.17) is 9.15 Å². The number of likely N-dealkylation sites (tertiary alicyclic amines) is 1. The number of pyridine rings is 1. The van der Waals surface area contributed by atoms with Crippen molar-refractivity contribution < 1.29 is 18.3 Å². The zero-order valence-electron chi connectivity index (χ0n) is 16.2. The van der Waals surface area contributed by atoms with Gasteiger partial charge in [0, 0.05) is 25.7 Å². The molecule has 1 amide bonds. The van der Waals surface area contributed by atoms with Crippen molar-refractivity contribution in [2.75, 3.05) is 20.2 Å². The summed E-state index contributed by atoms with van der Waals surface area (Å²) >= 11 is 0. The van der Waals surface area contributed by atoms with E-state index in [9.17, 15) is 9.18 Å². The molecule has 150 valence electrons. The molecule has 0 unspecified atom stereocenters. The molecule has 0 radical (unpaired) electrons. The molecule has 0 bridgehead atoms. The summed E-state index contributed by atoms with van der Waals surface area (Å²) in [7, 11) is 1.50. The monoisotopic (exact) mass is 395 g/mol. The summed E-state index contributed by atoms with van der Waals surface area (Å²) in [4.78, 5) is 23.3. The van der Waals surface area contributed by atoms with Crippen LogP contribution in [0.3, 0.4) is 0 Å². The number of carbonyl (C=O) groups is 1. The van der Waals surface area contributed by atoms with E-state index in [-0.39, 0.29) is 17.6 Å². The lowest BCUT2D eigenvalue weighted by Crippen LogP contribution is -2.39. The number of amides is 1. The van der Waals surface area contributed by atoms with Crippen molar-refractivity contribution in [2.24, 2.45) is 0 Å². The number of piperidine rings is 1. The van der Waals surface area contributed by atoms with Gasteiger partial charge in [0.2, 0.25) is 5.88 Å². The zero-order chi connectivity index (χ0) is 20.2. The molecule has 1 saturated heterocycles. The van der Waals surface area contributed by atoms with E-state index in [0.717, 1.165) is 12.8 Å². The largest absolute Gasteiger partial charge is 0.480 e. The third kappa shape index (κ3) is 4.13. The molecular formula is C22H22FN3O3. The first-order valence-electron chi connectivity index (χ1n) is 9.62. The second-order valence-corrected chi connectivity index (χ2v) is 7.08. The topological polar surface area (TPSA) is 68.5 Å². The van der Waals surface area contributed by atoms with Gasteiger partial charge < -0.3 is 14.1 Å². The molecule has 0 N–H and O–H groups in total. The highest BCUT2D eigenvalue weighted by Crippen LogP contribution is 2.29. The van der Waals surface area contributed by atoms with Crippen LogP contribution in [0, 0.1) is 5.82 Å². The molecule has 1 fully saturated rings. The Labute approximate surface area is 168 Å². The van der Waals surface area contributed by atoms with Crippen LogP contribution in [-0.2, 0) is 6.42 Å². The Morgan fingerprint density at radius 3 is 2.97 bits per heavy atom. The summed E-state index contributed by atoms with van der Waals surface area (Å²) in [5.41, 5.74) is 1.02. The predicted octanol–water partition coefficient (Wildman–Crippen LogP) is 3.83. The van der Waals surface area contributed by atoms with Gasteiger partial charge in [-0.1, -0.05) is 18.2 Å². The fourth-order valence-electron chi connectivity index (χ4n) is 3.67. The number of benzene rings is 1. The first-order valence-corrected chi connectivity index (χ1v) is 9.62. The van der Waals surface area contributed by atoms with Crippen LogP contribution in [0.2, 0.25) is 0 Å². The average Bonchev–Trinajstić information content (AvgIpc) is 3.23. The molecular weight excluding hydrogens is 373 g/mol. The minimum absolute atomic E-state index is 0.00439. The molecule has 3 heterocycles. The normalized spacial score (nSPS) is 16.6. The fourth-order valence-corrected chi connectivity index (χ4v) is 3.67. The molecule has 6 nitrogen and oxygen atoms in total. The van der Waals surface area contributed by atoms with Crippen molar-refractivity contribution in [1.82, 2.24) is 14.9 Å². The minimum atomic E-state index is -0.259. The van der Waals surface area contributed by atoms with E-state index >= 15 is 0 Å². The Kier molecular flexibility index (Phi) is 5.55. The summed E-state index contributed by atoms with van der Waals surface area (Å²) < 4.78 is 25.0. The summed E-state index contributed by atoms with van der Waals surface area (Å²) in [5, 5.41) is 0. The maximum Gasteiger partial charge on any atom is 0.259 e. The molecule has 1 aromatic carbocycles. The Morgan fingerprint density at radius 1 is 1.28 bits per heavy atom. The molecule has 0 saturated carbocycles. The van der Waals surface area contributed by atoms with Gasteiger partial charge in [-0.25, -0.2) is 14.4 Å². The number of methoxy groups -OCH3 is 1. The number of rotatable bonds is 5. The molecule has 1 aliphatic heterocycles. The van der Waals surface area contributed by atoms with E-state index in [2.05, 4.69) is 9.97 Å². The molecule has 7 heteroatoms. The minimum Gasteiger partial charge on any atom is -0.480 e. The van der Waals surface area contributed by atoms with E-state index in [1.807, 2.05) is 0 Å². The van der Waals surface area contributed by atoms with Gasteiger partial charge in [-0.05, 0) is 36.6 Å². The molecule has 1 aliphatic rings. The van der Waals surface area contributed by atoms with Gasteiger partial charge in [-0.3, -0.25) is 4.79 Å². The van der Waals surface area contributed by atoms with Gasteiger partial charge >= 0.3 is 0 Å². The van der Waals surface area contributed by atoms with Crippen LogP contribution in [0.15, 0.2) is 53.2 Å². The highest BCUT2D eigenvalue weighted by atomic mass is 19.1. The molecule has 1 atom stereocenters. The first-order chi connectivity index (χ1) is 14.2. The maximum atomic E-state index is 13.9. The third-order valence-electron chi connectivity index (χ3n) is 5.15. The van der Waals surface area contributed by atoms with Crippen molar-refractivity contribution in [3.8, 4) is 5.88 Å². The molecule has 2 aromatic heterocycles. The summed E-state index contributed by atoms with van der Waals surface area (Å²) in [5.74, 6) is 1.16. The van der Waals surface area contributed by atoms with Crippen molar-refractivity contribution in [3.63, 3.8) is 0 Å². The number of hydrogen-bond acceptors (Lipinski definition) is 5. The van der Waals surface area contributed by atoms with Crippen LogP contribution in [0.25, 0.3) is 0 Å². The predicted molar refractivity (Wildman–Crippen MR) is 104 cm³/mol. The Balaban J connectivity index is 1.47. The number of nitrogens with zero attached hydrogens (tertiary/aromatic N) is 3. The average molecular weight is 395 g/mol. The number of hydrogen-bond donors (Lipinski definition) is 0. The highest BCUT2D eigenvalue weighted by Gasteiger charge is 2.29. The highest BCUT2D eigenvalue weighted by molar-refractivity contribution is 5.96. The van der Waals surface area contributed by atoms with Crippen molar-refractivity contribution in [2.45, 2.75) is 25.2 Å². The van der Waals surface area contributed by atoms with Crippen molar-refractivity contribution >= 4 is 5.91 Å². The van der Waals surface area contributed by atoms with Crippen LogP contribution in [-0.4, -0.2) is 41.0 Å². The fraction of sp³-hybridized carbons (Fsp3) is 0.318. The van der Waals surface area contributed by atoms with Crippen LogP contribution >= 0.6 is 0 Å². The van der Waals surface area contributed by atoms with Gasteiger partial charge in [0.15, 0.2) is 5.89 Å². The van der Waals surface area contributed by atoms with Crippen LogP contribution in [0.4, 0.5) is 4.39 Å². The molecule has 0 aliphatic carbocycles. The van der Waals surface area contributed by atoms with E-state index in [1.54, 1.807) is 47.6 Å². The number of aromatic nitrogens is 2. The SMILES string of the molecule is COc1ncccc1C(=O)N1CCC[C@@H](c2ncc(Cc3ccccc3F)o2)C1. The van der Waals surface area contributed by atoms with Crippen LogP contribution in [0.1, 0.15) is 46.3 Å². The lowest BCUT2D eigenvalue weighted by atomic mass is 9.97. The Hall–Kier alpha value is -3.22. The van der Waals surface area contributed by atoms with Gasteiger partial charge in [-0.15, -0.1) is 0 Å². The van der Waals surface area contributed by atoms with Crippen molar-refractivity contribution in [3.05, 3.63) is 77.4 Å². The Bertz CT molecular complexity index is 1000. The first kappa shape index (κ1) is 19.1. The quantitative estimate of drug-likeness (QED) is 0.657. The second-order valence-electron chi connectivity index (χ2n) is 7.08.